The van der Waals surface area contributed by atoms with E-state index in [2.05, 4.69) is 11.1 Å². The van der Waals surface area contributed by atoms with E-state index >= 15 is 0 Å². The van der Waals surface area contributed by atoms with Crippen molar-refractivity contribution in [3.05, 3.63) is 39.8 Å². The molecule has 0 saturated heterocycles. The summed E-state index contributed by atoms with van der Waals surface area (Å²) >= 11 is 3.49. The first-order valence-corrected chi connectivity index (χ1v) is 7.63. The predicted octanol–water partition coefficient (Wildman–Crippen LogP) is 3.14. The van der Waals surface area contributed by atoms with Crippen molar-refractivity contribution >= 4 is 23.1 Å². The van der Waals surface area contributed by atoms with E-state index in [9.17, 15) is 0 Å². The summed E-state index contributed by atoms with van der Waals surface area (Å²) in [4.78, 5) is 6.94. The fourth-order valence-electron chi connectivity index (χ4n) is 1.92. The van der Waals surface area contributed by atoms with Gasteiger partial charge in [-0.2, -0.15) is 0 Å². The summed E-state index contributed by atoms with van der Waals surface area (Å²) in [6.07, 6.45) is 0.0499. The van der Waals surface area contributed by atoms with Gasteiger partial charge in [-0.15, -0.1) is 23.1 Å². The molecule has 2 N–H and O–H groups in total. The monoisotopic (exact) mass is 278 g/mol. The molecule has 5 heteroatoms. The fourth-order valence-corrected chi connectivity index (χ4v) is 3.99. The van der Waals surface area contributed by atoms with Crippen LogP contribution in [0.3, 0.4) is 0 Å². The van der Waals surface area contributed by atoms with Crippen molar-refractivity contribution in [2.75, 3.05) is 5.75 Å². The molecule has 0 radical (unpaired) electrons. The quantitative estimate of drug-likeness (QED) is 0.917. The topological polar surface area (TPSA) is 48.1 Å². The van der Waals surface area contributed by atoms with Crippen LogP contribution in [0.4, 0.5) is 0 Å². The number of thiazole rings is 1. The third kappa shape index (κ3) is 2.13. The number of aromatic nitrogens is 1. The molecule has 18 heavy (non-hydrogen) atoms. The van der Waals surface area contributed by atoms with Crippen molar-refractivity contribution in [1.29, 1.82) is 0 Å². The van der Waals surface area contributed by atoms with Crippen LogP contribution in [0.1, 0.15) is 21.7 Å². The van der Waals surface area contributed by atoms with E-state index in [0.29, 0.717) is 6.54 Å². The standard InChI is InChI=1S/C13H14N2OS2/c1-8-12(6-14)18-13(15-8)10-7-17-11-5-3-2-4-9(11)16-10/h2-5,10H,6-7,14H2,1H3. The van der Waals surface area contributed by atoms with Gasteiger partial charge in [0.05, 0.1) is 5.69 Å². The third-order valence-corrected chi connectivity index (χ3v) is 5.27. The van der Waals surface area contributed by atoms with Gasteiger partial charge in [-0.05, 0) is 19.1 Å². The minimum absolute atomic E-state index is 0.0499. The first kappa shape index (κ1) is 12.0. The Balaban J connectivity index is 1.87. The van der Waals surface area contributed by atoms with E-state index in [0.717, 1.165) is 27.1 Å². The van der Waals surface area contributed by atoms with Crippen molar-refractivity contribution in [1.82, 2.24) is 4.98 Å². The molecule has 1 atom stereocenters. The van der Waals surface area contributed by atoms with E-state index in [1.165, 1.54) is 4.90 Å². The van der Waals surface area contributed by atoms with E-state index in [1.54, 1.807) is 11.3 Å². The zero-order valence-corrected chi connectivity index (χ0v) is 11.7. The molecular weight excluding hydrogens is 264 g/mol. The van der Waals surface area contributed by atoms with Gasteiger partial charge >= 0.3 is 0 Å². The number of hydrogen-bond acceptors (Lipinski definition) is 5. The largest absolute Gasteiger partial charge is 0.481 e. The lowest BCUT2D eigenvalue weighted by atomic mass is 10.3. The number of ether oxygens (including phenoxy) is 1. The Bertz CT molecular complexity index is 568. The normalized spacial score (nSPS) is 18.2. The molecule has 0 aliphatic carbocycles. The second-order valence-electron chi connectivity index (χ2n) is 4.13. The molecule has 0 bridgehead atoms. The number of benzene rings is 1. The Hall–Kier alpha value is -1.04. The van der Waals surface area contributed by atoms with Crippen LogP contribution in [-0.4, -0.2) is 10.7 Å². The van der Waals surface area contributed by atoms with E-state index in [4.69, 9.17) is 10.5 Å². The molecule has 0 fully saturated rings. The highest BCUT2D eigenvalue weighted by atomic mass is 32.2. The summed E-state index contributed by atoms with van der Waals surface area (Å²) in [6, 6.07) is 8.14. The van der Waals surface area contributed by atoms with Gasteiger partial charge in [-0.3, -0.25) is 0 Å². The molecule has 2 heterocycles. The highest BCUT2D eigenvalue weighted by Crippen LogP contribution is 2.41. The molecule has 3 nitrogen and oxygen atoms in total. The lowest BCUT2D eigenvalue weighted by molar-refractivity contribution is 0.220. The van der Waals surface area contributed by atoms with Gasteiger partial charge in [0, 0.05) is 22.1 Å². The van der Waals surface area contributed by atoms with Crippen molar-refractivity contribution in [2.24, 2.45) is 5.73 Å². The Morgan fingerprint density at radius 1 is 1.44 bits per heavy atom. The number of hydrogen-bond donors (Lipinski definition) is 1. The van der Waals surface area contributed by atoms with Crippen molar-refractivity contribution in [2.45, 2.75) is 24.5 Å². The molecule has 1 aromatic carbocycles. The fraction of sp³-hybridized carbons (Fsp3) is 0.308. The number of nitrogens with zero attached hydrogens (tertiary/aromatic N) is 1. The van der Waals surface area contributed by atoms with Crippen LogP contribution < -0.4 is 10.5 Å². The minimum atomic E-state index is 0.0499. The Morgan fingerprint density at radius 3 is 3.06 bits per heavy atom. The summed E-state index contributed by atoms with van der Waals surface area (Å²) in [6.45, 7) is 2.56. The molecule has 1 aliphatic heterocycles. The SMILES string of the molecule is Cc1nc(C2CSc3ccccc3O2)sc1CN. The molecular formula is C13H14N2OS2. The molecule has 1 unspecified atom stereocenters. The molecule has 3 rings (SSSR count). The average molecular weight is 278 g/mol. The van der Waals surface area contributed by atoms with Crippen LogP contribution in [0.2, 0.25) is 0 Å². The van der Waals surface area contributed by atoms with Gasteiger partial charge in [0.2, 0.25) is 0 Å². The molecule has 94 valence electrons. The average Bonchev–Trinajstić information content (AvgIpc) is 2.79. The number of aryl methyl sites for hydroxylation is 1. The first-order chi connectivity index (χ1) is 8.78. The molecule has 1 aromatic heterocycles. The summed E-state index contributed by atoms with van der Waals surface area (Å²) in [5, 5.41) is 1.04. The number of fused-ring (bicyclic) bond motifs is 1. The van der Waals surface area contributed by atoms with Crippen molar-refractivity contribution < 1.29 is 4.74 Å². The maximum absolute atomic E-state index is 6.02. The summed E-state index contributed by atoms with van der Waals surface area (Å²) in [5.41, 5.74) is 6.73. The number of thioether (sulfide) groups is 1. The maximum atomic E-state index is 6.02. The van der Waals surface area contributed by atoms with Crippen molar-refractivity contribution in [3.8, 4) is 5.75 Å². The summed E-state index contributed by atoms with van der Waals surface area (Å²) in [7, 11) is 0. The molecule has 0 saturated carbocycles. The summed E-state index contributed by atoms with van der Waals surface area (Å²) in [5.74, 6) is 1.87. The number of rotatable bonds is 2. The van der Waals surface area contributed by atoms with Crippen LogP contribution in [0.5, 0.6) is 5.75 Å². The maximum Gasteiger partial charge on any atom is 0.159 e. The van der Waals surface area contributed by atoms with Crippen LogP contribution >= 0.6 is 23.1 Å². The molecule has 0 spiro atoms. The molecule has 2 aromatic rings. The summed E-state index contributed by atoms with van der Waals surface area (Å²) < 4.78 is 6.02. The van der Waals surface area contributed by atoms with E-state index < -0.39 is 0 Å². The second-order valence-corrected chi connectivity index (χ2v) is 6.31. The van der Waals surface area contributed by atoms with Crippen LogP contribution in [0.25, 0.3) is 0 Å². The van der Waals surface area contributed by atoms with E-state index in [-0.39, 0.29) is 6.10 Å². The zero-order chi connectivity index (χ0) is 12.5. The second kappa shape index (κ2) is 4.91. The van der Waals surface area contributed by atoms with E-state index in [1.807, 2.05) is 36.9 Å². The smallest absolute Gasteiger partial charge is 0.159 e. The predicted molar refractivity (Wildman–Crippen MR) is 75.3 cm³/mol. The minimum Gasteiger partial charge on any atom is -0.481 e. The molecule has 0 amide bonds. The lowest BCUT2D eigenvalue weighted by Gasteiger charge is -2.23. The number of para-hydroxylation sites is 1. The Labute approximate surface area is 114 Å². The lowest BCUT2D eigenvalue weighted by Crippen LogP contribution is -2.14. The van der Waals surface area contributed by atoms with Gasteiger partial charge in [0.1, 0.15) is 10.8 Å². The van der Waals surface area contributed by atoms with Gasteiger partial charge < -0.3 is 10.5 Å². The highest BCUT2D eigenvalue weighted by Gasteiger charge is 2.24. The van der Waals surface area contributed by atoms with Gasteiger partial charge in [0.25, 0.3) is 0 Å². The van der Waals surface area contributed by atoms with Gasteiger partial charge in [0.15, 0.2) is 6.10 Å². The zero-order valence-electron chi connectivity index (χ0n) is 10.1. The third-order valence-electron chi connectivity index (χ3n) is 2.88. The van der Waals surface area contributed by atoms with Crippen molar-refractivity contribution in [3.63, 3.8) is 0 Å². The highest BCUT2D eigenvalue weighted by molar-refractivity contribution is 7.99. The van der Waals surface area contributed by atoms with Crippen LogP contribution in [-0.2, 0) is 6.54 Å². The molecule has 1 aliphatic rings. The Morgan fingerprint density at radius 2 is 2.28 bits per heavy atom. The van der Waals surface area contributed by atoms with Gasteiger partial charge in [-0.1, -0.05) is 12.1 Å². The van der Waals surface area contributed by atoms with Gasteiger partial charge in [-0.25, -0.2) is 4.98 Å². The Kier molecular flexibility index (Phi) is 3.28. The van der Waals surface area contributed by atoms with Crippen LogP contribution in [0, 0.1) is 6.92 Å². The number of nitrogens with two attached hydrogens (primary N) is 1. The van der Waals surface area contributed by atoms with Crippen LogP contribution in [0.15, 0.2) is 29.2 Å². The first-order valence-electron chi connectivity index (χ1n) is 5.82.